The van der Waals surface area contributed by atoms with Gasteiger partial charge < -0.3 is 14.8 Å². The van der Waals surface area contributed by atoms with Crippen LogP contribution >= 0.6 is 0 Å². The molecule has 1 heterocycles. The molecule has 1 amide bonds. The van der Waals surface area contributed by atoms with Crippen LogP contribution in [0.25, 0.3) is 16.9 Å². The number of hydrogen-bond donors (Lipinski definition) is 1. The maximum atomic E-state index is 13.2. The minimum absolute atomic E-state index is 0.183. The Morgan fingerprint density at radius 2 is 1.59 bits per heavy atom. The van der Waals surface area contributed by atoms with Crippen molar-refractivity contribution in [2.45, 2.75) is 27.0 Å². The smallest absolute Gasteiger partial charge is 0.251 e. The van der Waals surface area contributed by atoms with Gasteiger partial charge in [0.15, 0.2) is 0 Å². The summed E-state index contributed by atoms with van der Waals surface area (Å²) in [5.41, 5.74) is 7.21. The standard InChI is InChI=1S/C33H31N3O3/c1-23-14-15-24(2)31(18-23)39-22-27-19-26(16-17-30(27)38-3)33(37)34-20-28-21-36(29-12-8-5-9-13-29)35-32(28)25-10-6-4-7-11-25/h4-19,21H,20,22H2,1-3H3,(H,34,37). The number of ether oxygens (including phenoxy) is 2. The molecule has 0 atom stereocenters. The van der Waals surface area contributed by atoms with E-state index in [1.807, 2.05) is 104 Å². The molecule has 6 heteroatoms. The third-order valence-corrected chi connectivity index (χ3v) is 6.57. The molecule has 5 rings (SSSR count). The fourth-order valence-electron chi connectivity index (χ4n) is 4.42. The third-order valence-electron chi connectivity index (χ3n) is 6.57. The lowest BCUT2D eigenvalue weighted by Crippen LogP contribution is -2.23. The van der Waals surface area contributed by atoms with Gasteiger partial charge in [-0.2, -0.15) is 5.10 Å². The molecule has 39 heavy (non-hydrogen) atoms. The normalized spacial score (nSPS) is 10.7. The SMILES string of the molecule is COc1ccc(C(=O)NCc2cn(-c3ccccc3)nc2-c2ccccc2)cc1COc1cc(C)ccc1C. The first-order valence-corrected chi connectivity index (χ1v) is 12.9. The fourth-order valence-corrected chi connectivity index (χ4v) is 4.42. The van der Waals surface area contributed by atoms with Crippen molar-refractivity contribution in [1.82, 2.24) is 15.1 Å². The summed E-state index contributed by atoms with van der Waals surface area (Å²) in [5.74, 6) is 1.31. The summed E-state index contributed by atoms with van der Waals surface area (Å²) in [6, 6.07) is 31.4. The Labute approximate surface area is 228 Å². The lowest BCUT2D eigenvalue weighted by atomic mass is 10.1. The first-order chi connectivity index (χ1) is 19.0. The zero-order valence-electron chi connectivity index (χ0n) is 22.3. The molecule has 0 spiro atoms. The largest absolute Gasteiger partial charge is 0.496 e. The Hall–Kier alpha value is -4.84. The Kier molecular flexibility index (Phi) is 7.73. The van der Waals surface area contributed by atoms with Crippen LogP contribution in [0.15, 0.2) is 103 Å². The van der Waals surface area contributed by atoms with E-state index in [1.165, 1.54) is 0 Å². The number of rotatable bonds is 9. The van der Waals surface area contributed by atoms with E-state index in [2.05, 4.69) is 11.4 Å². The van der Waals surface area contributed by atoms with Crippen molar-refractivity contribution in [1.29, 1.82) is 0 Å². The van der Waals surface area contributed by atoms with Gasteiger partial charge in [-0.15, -0.1) is 0 Å². The maximum absolute atomic E-state index is 13.2. The highest BCUT2D eigenvalue weighted by molar-refractivity contribution is 5.94. The van der Waals surface area contributed by atoms with Gasteiger partial charge in [0.05, 0.1) is 18.5 Å². The van der Waals surface area contributed by atoms with E-state index in [-0.39, 0.29) is 12.5 Å². The quantitative estimate of drug-likeness (QED) is 0.237. The molecular formula is C33H31N3O3. The number of aromatic nitrogens is 2. The van der Waals surface area contributed by atoms with Gasteiger partial charge in [0.2, 0.25) is 0 Å². The van der Waals surface area contributed by atoms with Crippen molar-refractivity contribution in [3.8, 4) is 28.4 Å². The third kappa shape index (κ3) is 6.02. The summed E-state index contributed by atoms with van der Waals surface area (Å²) in [7, 11) is 1.62. The minimum atomic E-state index is -0.183. The zero-order chi connectivity index (χ0) is 27.2. The molecule has 5 aromatic rings. The summed E-state index contributed by atoms with van der Waals surface area (Å²) in [5, 5.41) is 7.91. The van der Waals surface area contributed by atoms with Gasteiger partial charge >= 0.3 is 0 Å². The Bertz CT molecular complexity index is 1580. The Morgan fingerprint density at radius 3 is 2.33 bits per heavy atom. The molecule has 0 aliphatic carbocycles. The van der Waals surface area contributed by atoms with Crippen LogP contribution in [0.4, 0.5) is 0 Å². The Morgan fingerprint density at radius 1 is 0.846 bits per heavy atom. The van der Waals surface area contributed by atoms with E-state index in [9.17, 15) is 4.79 Å². The van der Waals surface area contributed by atoms with E-state index in [1.54, 1.807) is 19.2 Å². The van der Waals surface area contributed by atoms with Crippen LogP contribution in [0.5, 0.6) is 11.5 Å². The first kappa shape index (κ1) is 25.8. The number of para-hydroxylation sites is 1. The summed E-state index contributed by atoms with van der Waals surface area (Å²) >= 11 is 0. The van der Waals surface area contributed by atoms with E-state index in [4.69, 9.17) is 14.6 Å². The predicted molar refractivity (Wildman–Crippen MR) is 153 cm³/mol. The number of nitrogens with zero attached hydrogens (tertiary/aromatic N) is 2. The number of nitrogens with one attached hydrogen (secondary N) is 1. The maximum Gasteiger partial charge on any atom is 0.251 e. The second-order valence-corrected chi connectivity index (χ2v) is 9.42. The molecule has 0 saturated carbocycles. The molecule has 0 saturated heterocycles. The minimum Gasteiger partial charge on any atom is -0.496 e. The van der Waals surface area contributed by atoms with Crippen molar-refractivity contribution in [3.05, 3.63) is 131 Å². The van der Waals surface area contributed by atoms with Gasteiger partial charge in [0.1, 0.15) is 18.1 Å². The molecule has 196 valence electrons. The molecular weight excluding hydrogens is 486 g/mol. The summed E-state index contributed by atoms with van der Waals surface area (Å²) in [6.45, 7) is 4.66. The number of amides is 1. The van der Waals surface area contributed by atoms with Crippen LogP contribution in [0.2, 0.25) is 0 Å². The van der Waals surface area contributed by atoms with Gasteiger partial charge in [-0.25, -0.2) is 4.68 Å². The number of benzene rings is 4. The predicted octanol–water partition coefficient (Wildman–Crippen LogP) is 6.67. The van der Waals surface area contributed by atoms with Crippen LogP contribution in [0, 0.1) is 13.8 Å². The zero-order valence-corrected chi connectivity index (χ0v) is 22.3. The van der Waals surface area contributed by atoms with E-state index in [0.717, 1.165) is 44.9 Å². The number of carbonyl (C=O) groups is 1. The van der Waals surface area contributed by atoms with E-state index >= 15 is 0 Å². The van der Waals surface area contributed by atoms with Crippen LogP contribution in [0.3, 0.4) is 0 Å². The lowest BCUT2D eigenvalue weighted by Gasteiger charge is -2.14. The first-order valence-electron chi connectivity index (χ1n) is 12.9. The van der Waals surface area contributed by atoms with E-state index in [0.29, 0.717) is 17.9 Å². The second kappa shape index (κ2) is 11.7. The highest BCUT2D eigenvalue weighted by atomic mass is 16.5. The van der Waals surface area contributed by atoms with Crippen LogP contribution in [-0.4, -0.2) is 22.8 Å². The van der Waals surface area contributed by atoms with Gasteiger partial charge in [-0.05, 0) is 61.4 Å². The molecule has 4 aromatic carbocycles. The topological polar surface area (TPSA) is 65.4 Å². The summed E-state index contributed by atoms with van der Waals surface area (Å²) < 4.78 is 13.5. The van der Waals surface area contributed by atoms with Crippen molar-refractivity contribution in [2.75, 3.05) is 7.11 Å². The second-order valence-electron chi connectivity index (χ2n) is 9.42. The highest BCUT2D eigenvalue weighted by Crippen LogP contribution is 2.26. The van der Waals surface area contributed by atoms with Crippen LogP contribution in [-0.2, 0) is 13.2 Å². The van der Waals surface area contributed by atoms with Crippen LogP contribution < -0.4 is 14.8 Å². The fraction of sp³-hybridized carbons (Fsp3) is 0.152. The monoisotopic (exact) mass is 517 g/mol. The average molecular weight is 518 g/mol. The molecule has 0 unspecified atom stereocenters. The lowest BCUT2D eigenvalue weighted by molar-refractivity contribution is 0.0950. The van der Waals surface area contributed by atoms with Crippen molar-refractivity contribution in [2.24, 2.45) is 0 Å². The molecule has 6 nitrogen and oxygen atoms in total. The molecule has 1 N–H and O–H groups in total. The molecule has 0 bridgehead atoms. The number of methoxy groups -OCH3 is 1. The van der Waals surface area contributed by atoms with Gasteiger partial charge in [-0.1, -0.05) is 60.7 Å². The highest BCUT2D eigenvalue weighted by Gasteiger charge is 2.16. The number of aryl methyl sites for hydroxylation is 2. The van der Waals surface area contributed by atoms with Gasteiger partial charge in [0.25, 0.3) is 5.91 Å². The Balaban J connectivity index is 1.35. The molecule has 1 aromatic heterocycles. The molecule has 0 fully saturated rings. The molecule has 0 radical (unpaired) electrons. The van der Waals surface area contributed by atoms with Gasteiger partial charge in [0, 0.05) is 35.0 Å². The van der Waals surface area contributed by atoms with Crippen molar-refractivity contribution in [3.63, 3.8) is 0 Å². The molecule has 0 aliphatic heterocycles. The van der Waals surface area contributed by atoms with Crippen molar-refractivity contribution < 1.29 is 14.3 Å². The van der Waals surface area contributed by atoms with E-state index < -0.39 is 0 Å². The summed E-state index contributed by atoms with van der Waals surface area (Å²) in [6.07, 6.45) is 1.97. The molecule has 0 aliphatic rings. The average Bonchev–Trinajstić information content (AvgIpc) is 3.41. The summed E-state index contributed by atoms with van der Waals surface area (Å²) in [4.78, 5) is 13.2. The number of carbonyl (C=O) groups excluding carboxylic acids is 1. The van der Waals surface area contributed by atoms with Gasteiger partial charge in [-0.3, -0.25) is 4.79 Å². The number of hydrogen-bond acceptors (Lipinski definition) is 4. The van der Waals surface area contributed by atoms with Crippen molar-refractivity contribution >= 4 is 5.91 Å². The van der Waals surface area contributed by atoms with Crippen LogP contribution in [0.1, 0.15) is 32.6 Å².